The standard InChI is InChI=1S/C13H13N3O/c1-13(2,17)12-8-16(9-15-12)11-6-4-3-5-10(11)7-14/h3-6,8-9,17H,1-2H3. The molecule has 0 fully saturated rings. The zero-order valence-corrected chi connectivity index (χ0v) is 9.75. The van der Waals surface area contributed by atoms with Gasteiger partial charge in [0, 0.05) is 6.20 Å². The van der Waals surface area contributed by atoms with Crippen molar-refractivity contribution in [3.8, 4) is 11.8 Å². The second kappa shape index (κ2) is 4.04. The summed E-state index contributed by atoms with van der Waals surface area (Å²) < 4.78 is 1.74. The highest BCUT2D eigenvalue weighted by atomic mass is 16.3. The summed E-state index contributed by atoms with van der Waals surface area (Å²) in [6.07, 6.45) is 3.33. The van der Waals surface area contributed by atoms with Crippen LogP contribution in [0.5, 0.6) is 0 Å². The molecule has 86 valence electrons. The van der Waals surface area contributed by atoms with Gasteiger partial charge in [-0.25, -0.2) is 4.98 Å². The van der Waals surface area contributed by atoms with E-state index in [9.17, 15) is 5.11 Å². The number of benzene rings is 1. The Balaban J connectivity index is 2.49. The Kier molecular flexibility index (Phi) is 2.70. The first-order valence-electron chi connectivity index (χ1n) is 5.29. The van der Waals surface area contributed by atoms with E-state index in [-0.39, 0.29) is 0 Å². The molecule has 0 unspecified atom stereocenters. The molecule has 0 atom stereocenters. The Morgan fingerprint density at radius 3 is 2.65 bits per heavy atom. The summed E-state index contributed by atoms with van der Waals surface area (Å²) >= 11 is 0. The molecular formula is C13H13N3O. The average Bonchev–Trinajstić information content (AvgIpc) is 2.77. The van der Waals surface area contributed by atoms with Crippen LogP contribution >= 0.6 is 0 Å². The third kappa shape index (κ3) is 2.19. The molecule has 0 saturated heterocycles. The summed E-state index contributed by atoms with van der Waals surface area (Å²) in [4.78, 5) is 4.14. The predicted octanol–water partition coefficient (Wildman–Crippen LogP) is 1.97. The number of nitriles is 1. The average molecular weight is 227 g/mol. The molecule has 0 radical (unpaired) electrons. The number of hydrogen-bond donors (Lipinski definition) is 1. The summed E-state index contributed by atoms with van der Waals surface area (Å²) in [7, 11) is 0. The van der Waals surface area contributed by atoms with Crippen molar-refractivity contribution >= 4 is 0 Å². The van der Waals surface area contributed by atoms with Crippen molar-refractivity contribution in [2.45, 2.75) is 19.4 Å². The molecule has 1 N–H and O–H groups in total. The topological polar surface area (TPSA) is 61.8 Å². The third-order valence-electron chi connectivity index (χ3n) is 2.51. The Morgan fingerprint density at radius 1 is 1.35 bits per heavy atom. The fourth-order valence-electron chi connectivity index (χ4n) is 1.56. The van der Waals surface area contributed by atoms with E-state index >= 15 is 0 Å². The van der Waals surface area contributed by atoms with Crippen LogP contribution in [0.2, 0.25) is 0 Å². The number of hydrogen-bond acceptors (Lipinski definition) is 3. The van der Waals surface area contributed by atoms with Gasteiger partial charge in [0.2, 0.25) is 0 Å². The number of para-hydroxylation sites is 1. The van der Waals surface area contributed by atoms with E-state index in [0.717, 1.165) is 5.69 Å². The van der Waals surface area contributed by atoms with E-state index in [2.05, 4.69) is 11.1 Å². The van der Waals surface area contributed by atoms with Gasteiger partial charge in [-0.1, -0.05) is 12.1 Å². The van der Waals surface area contributed by atoms with Gasteiger partial charge in [-0.2, -0.15) is 5.26 Å². The second-order valence-corrected chi connectivity index (χ2v) is 4.35. The molecule has 1 heterocycles. The van der Waals surface area contributed by atoms with E-state index in [0.29, 0.717) is 11.3 Å². The number of imidazole rings is 1. The molecule has 2 rings (SSSR count). The molecule has 0 aliphatic carbocycles. The first-order chi connectivity index (χ1) is 8.02. The maximum atomic E-state index is 9.83. The summed E-state index contributed by atoms with van der Waals surface area (Å²) in [5.74, 6) is 0. The summed E-state index contributed by atoms with van der Waals surface area (Å²) in [6, 6.07) is 9.40. The van der Waals surface area contributed by atoms with E-state index in [1.54, 1.807) is 37.0 Å². The maximum Gasteiger partial charge on any atom is 0.102 e. The minimum absolute atomic E-state index is 0.574. The Morgan fingerprint density at radius 2 is 2.06 bits per heavy atom. The quantitative estimate of drug-likeness (QED) is 0.853. The van der Waals surface area contributed by atoms with Crippen LogP contribution in [0.15, 0.2) is 36.8 Å². The number of aromatic nitrogens is 2. The fourth-order valence-corrected chi connectivity index (χ4v) is 1.56. The molecular weight excluding hydrogens is 214 g/mol. The third-order valence-corrected chi connectivity index (χ3v) is 2.51. The van der Waals surface area contributed by atoms with Gasteiger partial charge in [-0.3, -0.25) is 0 Å². The lowest BCUT2D eigenvalue weighted by molar-refractivity contribution is 0.0742. The first kappa shape index (κ1) is 11.4. The van der Waals surface area contributed by atoms with Crippen LogP contribution in [0.4, 0.5) is 0 Å². The minimum atomic E-state index is -0.979. The van der Waals surface area contributed by atoms with Crippen molar-refractivity contribution < 1.29 is 5.11 Å². The van der Waals surface area contributed by atoms with E-state index < -0.39 is 5.60 Å². The van der Waals surface area contributed by atoms with Crippen LogP contribution in [0.3, 0.4) is 0 Å². The highest BCUT2D eigenvalue weighted by Gasteiger charge is 2.19. The van der Waals surface area contributed by atoms with E-state index in [1.165, 1.54) is 0 Å². The Labute approximate surface area is 99.8 Å². The van der Waals surface area contributed by atoms with Gasteiger partial charge in [0.1, 0.15) is 11.7 Å². The summed E-state index contributed by atoms with van der Waals surface area (Å²) in [5.41, 5.74) is 0.933. The van der Waals surface area contributed by atoms with E-state index in [4.69, 9.17) is 5.26 Å². The summed E-state index contributed by atoms with van der Waals surface area (Å²) in [6.45, 7) is 3.35. The molecule has 4 nitrogen and oxygen atoms in total. The number of nitrogens with zero attached hydrogens (tertiary/aromatic N) is 3. The monoisotopic (exact) mass is 227 g/mol. The van der Waals surface area contributed by atoms with Crippen molar-refractivity contribution in [2.75, 3.05) is 0 Å². The van der Waals surface area contributed by atoms with Crippen LogP contribution in [-0.4, -0.2) is 14.7 Å². The molecule has 1 aromatic heterocycles. The van der Waals surface area contributed by atoms with Gasteiger partial charge in [0.05, 0.1) is 23.3 Å². The highest BCUT2D eigenvalue weighted by molar-refractivity contribution is 5.48. The molecule has 0 aliphatic rings. The fraction of sp³-hybridized carbons (Fsp3) is 0.231. The van der Waals surface area contributed by atoms with Gasteiger partial charge in [-0.05, 0) is 26.0 Å². The molecule has 17 heavy (non-hydrogen) atoms. The molecule has 0 bridgehead atoms. The first-order valence-corrected chi connectivity index (χ1v) is 5.29. The van der Waals surface area contributed by atoms with Crippen LogP contribution in [-0.2, 0) is 5.60 Å². The van der Waals surface area contributed by atoms with Crippen LogP contribution in [0.25, 0.3) is 5.69 Å². The molecule has 0 amide bonds. The van der Waals surface area contributed by atoms with Crippen molar-refractivity contribution in [1.82, 2.24) is 9.55 Å². The lowest BCUT2D eigenvalue weighted by Crippen LogP contribution is -2.15. The molecule has 0 spiro atoms. The zero-order chi connectivity index (χ0) is 12.5. The van der Waals surface area contributed by atoms with Crippen molar-refractivity contribution in [1.29, 1.82) is 5.26 Å². The van der Waals surface area contributed by atoms with Gasteiger partial charge >= 0.3 is 0 Å². The van der Waals surface area contributed by atoms with Crippen molar-refractivity contribution in [2.24, 2.45) is 0 Å². The zero-order valence-electron chi connectivity index (χ0n) is 9.75. The highest BCUT2D eigenvalue weighted by Crippen LogP contribution is 2.20. The van der Waals surface area contributed by atoms with E-state index in [1.807, 2.05) is 18.2 Å². The van der Waals surface area contributed by atoms with Crippen LogP contribution < -0.4 is 0 Å². The van der Waals surface area contributed by atoms with Gasteiger partial charge < -0.3 is 9.67 Å². The predicted molar refractivity (Wildman–Crippen MR) is 63.5 cm³/mol. The molecule has 0 aliphatic heterocycles. The molecule has 0 saturated carbocycles. The lowest BCUT2D eigenvalue weighted by atomic mass is 10.1. The van der Waals surface area contributed by atoms with Gasteiger partial charge in [0.25, 0.3) is 0 Å². The maximum absolute atomic E-state index is 9.83. The van der Waals surface area contributed by atoms with Crippen molar-refractivity contribution in [3.63, 3.8) is 0 Å². The molecule has 4 heteroatoms. The Hall–Kier alpha value is -2.12. The molecule has 1 aromatic carbocycles. The number of rotatable bonds is 2. The lowest BCUT2D eigenvalue weighted by Gasteiger charge is -2.13. The van der Waals surface area contributed by atoms with Crippen molar-refractivity contribution in [3.05, 3.63) is 48.0 Å². The second-order valence-electron chi connectivity index (χ2n) is 4.35. The van der Waals surface area contributed by atoms with Gasteiger partial charge in [0.15, 0.2) is 0 Å². The van der Waals surface area contributed by atoms with Crippen LogP contribution in [0.1, 0.15) is 25.1 Å². The van der Waals surface area contributed by atoms with Crippen LogP contribution in [0, 0.1) is 11.3 Å². The normalized spacial score (nSPS) is 11.2. The largest absolute Gasteiger partial charge is 0.384 e. The minimum Gasteiger partial charge on any atom is -0.384 e. The SMILES string of the molecule is CC(C)(O)c1cn(-c2ccccc2C#N)cn1. The smallest absolute Gasteiger partial charge is 0.102 e. The molecule has 2 aromatic rings. The van der Waals surface area contributed by atoms with Gasteiger partial charge in [-0.15, -0.1) is 0 Å². The Bertz CT molecular complexity index is 573. The summed E-state index contributed by atoms with van der Waals surface area (Å²) in [5, 5.41) is 18.8. The number of aliphatic hydroxyl groups is 1.